The quantitative estimate of drug-likeness (QED) is 0.728. The first-order valence-corrected chi connectivity index (χ1v) is 8.28. The van der Waals surface area contributed by atoms with Crippen LogP contribution in [0.15, 0.2) is 85.6 Å². The molecular formula is C21H26N2. The maximum absolute atomic E-state index is 4.10. The predicted octanol–water partition coefficient (Wildman–Crippen LogP) is 3.85. The fraction of sp³-hybridized carbons (Fsp3) is 0.333. The first-order valence-electron chi connectivity index (χ1n) is 8.28. The van der Waals surface area contributed by atoms with Crippen molar-refractivity contribution in [2.45, 2.75) is 31.2 Å². The summed E-state index contributed by atoms with van der Waals surface area (Å²) in [6.45, 7) is 14.3. The lowest BCUT2D eigenvalue weighted by atomic mass is 9.81. The molecule has 0 aromatic heterocycles. The number of nitrogens with zero attached hydrogens (tertiary/aromatic N) is 2. The van der Waals surface area contributed by atoms with Crippen molar-refractivity contribution in [3.05, 3.63) is 85.6 Å². The van der Waals surface area contributed by atoms with E-state index in [2.05, 4.69) is 86.0 Å². The summed E-state index contributed by atoms with van der Waals surface area (Å²) in [6, 6.07) is 1.05. The molecule has 1 aliphatic carbocycles. The van der Waals surface area contributed by atoms with Crippen LogP contribution in [-0.2, 0) is 0 Å². The highest BCUT2D eigenvalue weighted by molar-refractivity contribution is 5.46. The molecule has 0 spiro atoms. The van der Waals surface area contributed by atoms with Gasteiger partial charge in [-0.3, -0.25) is 9.80 Å². The summed E-state index contributed by atoms with van der Waals surface area (Å²) in [5.74, 6) is 0.236. The Morgan fingerprint density at radius 1 is 1.00 bits per heavy atom. The third kappa shape index (κ3) is 2.25. The molecule has 5 unspecified atom stereocenters. The van der Waals surface area contributed by atoms with Crippen LogP contribution in [0.1, 0.15) is 6.92 Å². The van der Waals surface area contributed by atoms with Crippen molar-refractivity contribution in [1.82, 2.24) is 9.80 Å². The van der Waals surface area contributed by atoms with Gasteiger partial charge in [0, 0.05) is 24.0 Å². The molecule has 2 heteroatoms. The van der Waals surface area contributed by atoms with Crippen LogP contribution in [0.25, 0.3) is 0 Å². The highest BCUT2D eigenvalue weighted by Crippen LogP contribution is 2.44. The Morgan fingerprint density at radius 3 is 2.22 bits per heavy atom. The van der Waals surface area contributed by atoms with Crippen molar-refractivity contribution in [2.24, 2.45) is 5.92 Å². The Hall–Kier alpha value is -1.90. The summed E-state index contributed by atoms with van der Waals surface area (Å²) < 4.78 is 0. The normalized spacial score (nSPS) is 37.0. The van der Waals surface area contributed by atoms with Crippen LogP contribution >= 0.6 is 0 Å². The van der Waals surface area contributed by atoms with Crippen LogP contribution in [0, 0.1) is 5.92 Å². The summed E-state index contributed by atoms with van der Waals surface area (Å²) in [5.41, 5.74) is 2.50. The predicted molar refractivity (Wildman–Crippen MR) is 99.0 cm³/mol. The second-order valence-electron chi connectivity index (χ2n) is 6.33. The molecule has 0 bridgehead atoms. The Bertz CT molecular complexity index is 634. The van der Waals surface area contributed by atoms with Gasteiger partial charge in [0.15, 0.2) is 0 Å². The molecule has 0 amide bonds. The Morgan fingerprint density at radius 2 is 1.65 bits per heavy atom. The molecule has 3 aliphatic rings. The highest BCUT2D eigenvalue weighted by atomic mass is 15.5. The molecule has 2 heterocycles. The van der Waals surface area contributed by atoms with Crippen LogP contribution in [0.4, 0.5) is 0 Å². The van der Waals surface area contributed by atoms with Gasteiger partial charge >= 0.3 is 0 Å². The van der Waals surface area contributed by atoms with E-state index in [1.165, 1.54) is 11.1 Å². The lowest BCUT2D eigenvalue weighted by Crippen LogP contribution is -2.52. The van der Waals surface area contributed by atoms with Crippen LogP contribution in [-0.4, -0.2) is 41.1 Å². The van der Waals surface area contributed by atoms with Crippen LogP contribution in [0.2, 0.25) is 0 Å². The van der Waals surface area contributed by atoms with Crippen LogP contribution < -0.4 is 0 Å². The molecule has 0 saturated carbocycles. The summed E-state index contributed by atoms with van der Waals surface area (Å²) >= 11 is 0. The lowest BCUT2D eigenvalue weighted by molar-refractivity contribution is 0.119. The monoisotopic (exact) mass is 306 g/mol. The smallest absolute Gasteiger partial charge is 0.0902 e. The molecule has 0 radical (unpaired) electrons. The van der Waals surface area contributed by atoms with Crippen molar-refractivity contribution in [3.8, 4) is 0 Å². The van der Waals surface area contributed by atoms with Gasteiger partial charge in [-0.1, -0.05) is 67.8 Å². The minimum Gasteiger partial charge on any atom is -0.279 e. The van der Waals surface area contributed by atoms with Gasteiger partial charge in [-0.05, 0) is 25.1 Å². The van der Waals surface area contributed by atoms with E-state index in [1.807, 2.05) is 12.2 Å². The average Bonchev–Trinajstić information content (AvgIpc) is 2.88. The van der Waals surface area contributed by atoms with Gasteiger partial charge in [-0.2, -0.15) is 0 Å². The molecule has 1 fully saturated rings. The van der Waals surface area contributed by atoms with E-state index in [4.69, 9.17) is 0 Å². The van der Waals surface area contributed by atoms with E-state index in [1.54, 1.807) is 0 Å². The zero-order chi connectivity index (χ0) is 16.6. The molecule has 0 N–H and O–H groups in total. The first-order chi connectivity index (χ1) is 11.2. The lowest BCUT2D eigenvalue weighted by Gasteiger charge is -2.45. The SMILES string of the molecule is C=CC1=C(C=C)C2N(C)C3C=CC=CC3N2C(/C=C\C)C1C=C. The number of fused-ring (bicyclic) bond motifs is 3. The largest absolute Gasteiger partial charge is 0.279 e. The summed E-state index contributed by atoms with van der Waals surface area (Å²) in [5, 5.41) is 0. The minimum atomic E-state index is 0.222. The zero-order valence-electron chi connectivity index (χ0n) is 14.1. The molecular weight excluding hydrogens is 280 g/mol. The van der Waals surface area contributed by atoms with E-state index in [-0.39, 0.29) is 18.1 Å². The summed E-state index contributed by atoms with van der Waals surface area (Å²) in [7, 11) is 2.21. The Kier molecular flexibility index (Phi) is 4.38. The standard InChI is InChI=1S/C21H26N2/c1-6-12-18-16(8-3)15(7-2)17(9-4)21-22(5)19-13-10-11-14-20(19)23(18)21/h6-14,16,18-21H,2-4H2,1,5H3/b12-6-. The number of likely N-dealkylation sites (N-methyl/N-ethyl adjacent to an activating group) is 1. The zero-order valence-corrected chi connectivity index (χ0v) is 14.1. The average molecular weight is 306 g/mol. The third-order valence-corrected chi connectivity index (χ3v) is 5.33. The topological polar surface area (TPSA) is 6.48 Å². The maximum Gasteiger partial charge on any atom is 0.0902 e. The van der Waals surface area contributed by atoms with Crippen molar-refractivity contribution < 1.29 is 0 Å². The van der Waals surface area contributed by atoms with Gasteiger partial charge in [-0.15, -0.1) is 6.58 Å². The molecule has 0 aromatic rings. The molecule has 1 saturated heterocycles. The molecule has 3 rings (SSSR count). The van der Waals surface area contributed by atoms with E-state index in [0.29, 0.717) is 12.1 Å². The molecule has 5 atom stereocenters. The van der Waals surface area contributed by atoms with Crippen molar-refractivity contribution in [3.63, 3.8) is 0 Å². The second-order valence-corrected chi connectivity index (χ2v) is 6.33. The maximum atomic E-state index is 4.10. The van der Waals surface area contributed by atoms with Gasteiger partial charge in [-0.25, -0.2) is 0 Å². The fourth-order valence-corrected chi connectivity index (χ4v) is 4.39. The highest BCUT2D eigenvalue weighted by Gasteiger charge is 2.51. The van der Waals surface area contributed by atoms with E-state index in [0.717, 1.165) is 0 Å². The fourth-order valence-electron chi connectivity index (χ4n) is 4.39. The van der Waals surface area contributed by atoms with Gasteiger partial charge in [0.25, 0.3) is 0 Å². The van der Waals surface area contributed by atoms with Crippen molar-refractivity contribution in [2.75, 3.05) is 7.05 Å². The van der Waals surface area contributed by atoms with Gasteiger partial charge in [0.1, 0.15) is 0 Å². The number of hydrogen-bond donors (Lipinski definition) is 0. The Balaban J connectivity index is 2.21. The number of hydrogen-bond acceptors (Lipinski definition) is 2. The minimum absolute atomic E-state index is 0.222. The number of allylic oxidation sites excluding steroid dienone is 4. The Labute approximate surface area is 140 Å². The molecule has 2 nitrogen and oxygen atoms in total. The molecule has 2 aliphatic heterocycles. The summed E-state index contributed by atoms with van der Waals surface area (Å²) in [6.07, 6.45) is 19.6. The first kappa shape index (κ1) is 16.0. The van der Waals surface area contributed by atoms with E-state index >= 15 is 0 Å². The summed E-state index contributed by atoms with van der Waals surface area (Å²) in [4.78, 5) is 5.04. The van der Waals surface area contributed by atoms with Crippen molar-refractivity contribution >= 4 is 0 Å². The molecule has 0 aromatic carbocycles. The van der Waals surface area contributed by atoms with Gasteiger partial charge < -0.3 is 0 Å². The third-order valence-electron chi connectivity index (χ3n) is 5.33. The van der Waals surface area contributed by atoms with E-state index < -0.39 is 0 Å². The van der Waals surface area contributed by atoms with Crippen LogP contribution in [0.3, 0.4) is 0 Å². The van der Waals surface area contributed by atoms with Gasteiger partial charge in [0.05, 0.1) is 6.17 Å². The number of rotatable bonds is 4. The van der Waals surface area contributed by atoms with Gasteiger partial charge in [0.2, 0.25) is 0 Å². The van der Waals surface area contributed by atoms with Crippen LogP contribution in [0.5, 0.6) is 0 Å². The van der Waals surface area contributed by atoms with Crippen molar-refractivity contribution in [1.29, 1.82) is 0 Å². The molecule has 120 valence electrons. The molecule has 23 heavy (non-hydrogen) atoms. The second kappa shape index (κ2) is 6.31. The van der Waals surface area contributed by atoms with E-state index in [9.17, 15) is 0 Å².